The molecule has 2 nitrogen and oxygen atoms in total. The van der Waals surface area contributed by atoms with Gasteiger partial charge in [-0.3, -0.25) is 0 Å². The fourth-order valence-corrected chi connectivity index (χ4v) is 2.04. The molecule has 2 atom stereocenters. The maximum absolute atomic E-state index is 5.82. The van der Waals surface area contributed by atoms with Crippen molar-refractivity contribution in [1.29, 1.82) is 0 Å². The zero-order valence-electron chi connectivity index (χ0n) is 11.3. The van der Waals surface area contributed by atoms with Crippen LogP contribution in [0.25, 0.3) is 0 Å². The van der Waals surface area contributed by atoms with Crippen molar-refractivity contribution in [2.75, 3.05) is 13.1 Å². The van der Waals surface area contributed by atoms with E-state index in [1.165, 1.54) is 18.4 Å². The Morgan fingerprint density at radius 3 is 2.69 bits per heavy atom. The number of rotatable bonds is 6. The Kier molecular flexibility index (Phi) is 6.07. The van der Waals surface area contributed by atoms with E-state index < -0.39 is 0 Å². The minimum absolute atomic E-state index is 0.366. The zero-order valence-corrected chi connectivity index (χ0v) is 11.3. The molecule has 1 heterocycles. The summed E-state index contributed by atoms with van der Waals surface area (Å²) in [4.78, 5) is 0. The van der Waals surface area contributed by atoms with Gasteiger partial charge in [0.2, 0.25) is 0 Å². The van der Waals surface area contributed by atoms with Crippen LogP contribution in [0.1, 0.15) is 47.0 Å². The van der Waals surface area contributed by atoms with Crippen molar-refractivity contribution < 1.29 is 4.74 Å². The number of nitrogens with one attached hydrogen (secondary N) is 1. The molecule has 0 amide bonds. The molecule has 1 aliphatic heterocycles. The van der Waals surface area contributed by atoms with E-state index >= 15 is 0 Å². The third-order valence-corrected chi connectivity index (χ3v) is 3.05. The first kappa shape index (κ1) is 13.7. The molecule has 0 aromatic carbocycles. The van der Waals surface area contributed by atoms with Crippen LogP contribution in [0.4, 0.5) is 0 Å². The van der Waals surface area contributed by atoms with Crippen molar-refractivity contribution in [2.24, 2.45) is 5.92 Å². The van der Waals surface area contributed by atoms with Gasteiger partial charge in [-0.25, -0.2) is 0 Å². The molecule has 16 heavy (non-hydrogen) atoms. The van der Waals surface area contributed by atoms with E-state index in [-0.39, 0.29) is 0 Å². The average Bonchev–Trinajstić information content (AvgIpc) is 2.62. The van der Waals surface area contributed by atoms with E-state index in [0.29, 0.717) is 12.2 Å². The Balaban J connectivity index is 2.32. The summed E-state index contributed by atoms with van der Waals surface area (Å²) in [5, 5.41) is 3.50. The van der Waals surface area contributed by atoms with Crippen molar-refractivity contribution in [2.45, 2.75) is 59.2 Å². The van der Waals surface area contributed by atoms with Gasteiger partial charge in [-0.15, -0.1) is 0 Å². The lowest BCUT2D eigenvalue weighted by atomic mass is 10.1. The summed E-state index contributed by atoms with van der Waals surface area (Å²) in [5.74, 6) is 0.723. The summed E-state index contributed by atoms with van der Waals surface area (Å²) >= 11 is 0. The molecule has 1 rings (SSSR count). The van der Waals surface area contributed by atoms with Gasteiger partial charge in [0.25, 0.3) is 0 Å². The molecule has 1 N–H and O–H groups in total. The van der Waals surface area contributed by atoms with Crippen molar-refractivity contribution in [3.63, 3.8) is 0 Å². The zero-order chi connectivity index (χ0) is 12.0. The minimum atomic E-state index is 0.366. The lowest BCUT2D eigenvalue weighted by Crippen LogP contribution is -2.22. The lowest BCUT2D eigenvalue weighted by Gasteiger charge is -2.12. The van der Waals surface area contributed by atoms with Crippen LogP contribution < -0.4 is 5.32 Å². The second-order valence-corrected chi connectivity index (χ2v) is 5.27. The first-order chi connectivity index (χ1) is 7.61. The van der Waals surface area contributed by atoms with Crippen LogP contribution in [0.5, 0.6) is 0 Å². The van der Waals surface area contributed by atoms with Crippen LogP contribution in [0.3, 0.4) is 0 Å². The maximum atomic E-state index is 5.82. The van der Waals surface area contributed by atoms with E-state index in [1.54, 1.807) is 0 Å². The van der Waals surface area contributed by atoms with Gasteiger partial charge >= 0.3 is 0 Å². The van der Waals surface area contributed by atoms with E-state index in [2.05, 4.69) is 39.1 Å². The minimum Gasteiger partial charge on any atom is -0.371 e. The Morgan fingerprint density at radius 2 is 2.19 bits per heavy atom. The first-order valence-electron chi connectivity index (χ1n) is 6.67. The molecule has 0 radical (unpaired) electrons. The highest BCUT2D eigenvalue weighted by atomic mass is 16.5. The summed E-state index contributed by atoms with van der Waals surface area (Å²) in [6.07, 6.45) is 6.66. The summed E-state index contributed by atoms with van der Waals surface area (Å²) in [7, 11) is 0. The van der Waals surface area contributed by atoms with Crippen molar-refractivity contribution >= 4 is 0 Å². The molecular weight excluding hydrogens is 198 g/mol. The Morgan fingerprint density at radius 1 is 1.44 bits per heavy atom. The number of ether oxygens (including phenoxy) is 1. The van der Waals surface area contributed by atoms with Gasteiger partial charge in [-0.2, -0.15) is 0 Å². The molecule has 1 fully saturated rings. The first-order valence-corrected chi connectivity index (χ1v) is 6.67. The summed E-state index contributed by atoms with van der Waals surface area (Å²) in [6, 6.07) is 0. The van der Waals surface area contributed by atoms with Crippen LogP contribution in [0, 0.1) is 5.92 Å². The molecule has 1 saturated heterocycles. The van der Waals surface area contributed by atoms with Crippen LogP contribution in [0.2, 0.25) is 0 Å². The molecule has 0 aliphatic carbocycles. The monoisotopic (exact) mass is 225 g/mol. The SMILES string of the molecule is CC/C(=C\C1CCC(C)O1)CNCC(C)C. The summed E-state index contributed by atoms with van der Waals surface area (Å²) in [5.41, 5.74) is 1.49. The Bertz CT molecular complexity index is 223. The predicted octanol–water partition coefficient (Wildman–Crippen LogP) is 3.14. The second kappa shape index (κ2) is 7.08. The third kappa shape index (κ3) is 5.13. The fraction of sp³-hybridized carbons (Fsp3) is 0.857. The third-order valence-electron chi connectivity index (χ3n) is 3.05. The van der Waals surface area contributed by atoms with Crippen LogP contribution in [0.15, 0.2) is 11.6 Å². The highest BCUT2D eigenvalue weighted by Gasteiger charge is 2.19. The van der Waals surface area contributed by atoms with E-state index in [9.17, 15) is 0 Å². The van der Waals surface area contributed by atoms with E-state index in [1.807, 2.05) is 0 Å². The molecule has 0 saturated carbocycles. The van der Waals surface area contributed by atoms with Crippen LogP contribution >= 0.6 is 0 Å². The molecule has 0 spiro atoms. The second-order valence-electron chi connectivity index (χ2n) is 5.27. The van der Waals surface area contributed by atoms with Gasteiger partial charge in [-0.05, 0) is 38.6 Å². The molecule has 0 bridgehead atoms. The van der Waals surface area contributed by atoms with Crippen LogP contribution in [-0.4, -0.2) is 25.3 Å². The number of hydrogen-bond donors (Lipinski definition) is 1. The molecule has 0 aromatic heterocycles. The predicted molar refractivity (Wildman–Crippen MR) is 69.7 cm³/mol. The topological polar surface area (TPSA) is 21.3 Å². The molecule has 94 valence electrons. The van der Waals surface area contributed by atoms with Gasteiger partial charge in [0.05, 0.1) is 12.2 Å². The van der Waals surface area contributed by atoms with E-state index in [4.69, 9.17) is 4.74 Å². The van der Waals surface area contributed by atoms with Crippen molar-refractivity contribution in [1.82, 2.24) is 5.32 Å². The Hall–Kier alpha value is -0.340. The van der Waals surface area contributed by atoms with Gasteiger partial charge in [-0.1, -0.05) is 32.4 Å². The van der Waals surface area contributed by atoms with Gasteiger partial charge in [0.1, 0.15) is 0 Å². The molecule has 2 heteroatoms. The highest BCUT2D eigenvalue weighted by Crippen LogP contribution is 2.21. The van der Waals surface area contributed by atoms with Gasteiger partial charge in [0, 0.05) is 6.54 Å². The average molecular weight is 225 g/mol. The molecule has 0 aromatic rings. The highest BCUT2D eigenvalue weighted by molar-refractivity contribution is 5.08. The molecule has 1 aliphatic rings. The van der Waals surface area contributed by atoms with Gasteiger partial charge < -0.3 is 10.1 Å². The lowest BCUT2D eigenvalue weighted by molar-refractivity contribution is 0.0827. The normalized spacial score (nSPS) is 26.7. The number of hydrogen-bond acceptors (Lipinski definition) is 2. The summed E-state index contributed by atoms with van der Waals surface area (Å²) < 4.78 is 5.82. The molecular formula is C14H27NO. The summed E-state index contributed by atoms with van der Waals surface area (Å²) in [6.45, 7) is 11.0. The maximum Gasteiger partial charge on any atom is 0.0763 e. The van der Waals surface area contributed by atoms with Crippen LogP contribution in [-0.2, 0) is 4.74 Å². The largest absolute Gasteiger partial charge is 0.371 e. The quantitative estimate of drug-likeness (QED) is 0.701. The smallest absolute Gasteiger partial charge is 0.0763 e. The fourth-order valence-electron chi connectivity index (χ4n) is 2.04. The van der Waals surface area contributed by atoms with Crippen molar-refractivity contribution in [3.05, 3.63) is 11.6 Å². The van der Waals surface area contributed by atoms with E-state index in [0.717, 1.165) is 25.4 Å². The van der Waals surface area contributed by atoms with Gasteiger partial charge in [0.15, 0.2) is 0 Å². The molecule has 2 unspecified atom stereocenters. The Labute approximate surface area is 100 Å². The van der Waals surface area contributed by atoms with Crippen molar-refractivity contribution in [3.8, 4) is 0 Å². The standard InChI is InChI=1S/C14H27NO/c1-5-13(10-15-9-11(2)3)8-14-7-6-12(4)16-14/h8,11-12,14-15H,5-7,9-10H2,1-4H3/b13-8+.